The fourth-order valence-electron chi connectivity index (χ4n) is 3.96. The molecule has 3 unspecified atom stereocenters. The highest BCUT2D eigenvalue weighted by Gasteiger charge is 2.37. The van der Waals surface area contributed by atoms with Gasteiger partial charge in [0.2, 0.25) is 0 Å². The molecule has 1 aromatic rings. The molecule has 3 N–H and O–H groups in total. The summed E-state index contributed by atoms with van der Waals surface area (Å²) < 4.78 is 46.6. The van der Waals surface area contributed by atoms with E-state index in [4.69, 9.17) is 10.5 Å². The predicted molar refractivity (Wildman–Crippen MR) is 82.9 cm³/mol. The van der Waals surface area contributed by atoms with Crippen LogP contribution in [0.15, 0.2) is 23.3 Å². The second-order valence-corrected chi connectivity index (χ2v) is 6.81. The Labute approximate surface area is 138 Å². The molecule has 130 valence electrons. The number of hydrogen-bond acceptors (Lipinski definition) is 4. The Morgan fingerprint density at radius 2 is 1.83 bits per heavy atom. The predicted octanol–water partition coefficient (Wildman–Crippen LogP) is 1.48. The molecule has 1 aromatic carbocycles. The lowest BCUT2D eigenvalue weighted by atomic mass is 9.93. The van der Waals surface area contributed by atoms with Crippen LogP contribution in [0, 0.1) is 17.5 Å². The molecule has 1 saturated heterocycles. The summed E-state index contributed by atoms with van der Waals surface area (Å²) in [5, 5.41) is 3.33. The molecule has 3 aliphatic heterocycles. The van der Waals surface area contributed by atoms with Gasteiger partial charge in [-0.15, -0.1) is 0 Å². The minimum Gasteiger partial charge on any atom is -0.370 e. The number of nitrogens with two attached hydrogens (primary N) is 1. The Kier molecular flexibility index (Phi) is 4.12. The quantitative estimate of drug-likeness (QED) is 0.633. The van der Waals surface area contributed by atoms with Crippen molar-refractivity contribution in [2.24, 2.45) is 5.73 Å². The van der Waals surface area contributed by atoms with E-state index >= 15 is 0 Å². The van der Waals surface area contributed by atoms with E-state index < -0.39 is 29.6 Å². The second-order valence-electron chi connectivity index (χ2n) is 6.81. The molecular weight excluding hydrogens is 319 g/mol. The van der Waals surface area contributed by atoms with E-state index in [2.05, 4.69) is 10.2 Å². The average molecular weight is 339 g/mol. The summed E-state index contributed by atoms with van der Waals surface area (Å²) in [5.41, 5.74) is 8.90. The number of halogens is 3. The minimum atomic E-state index is -1.21. The standard InChI is InChI=1S/C17H20F3N3O/c18-11-1-13(16(20)14(19)2-11)17-15(21)3-12(8-24-17)23-6-9-4-22-5-10(9)7-23/h1-2,12,15,17,22H,3-8,21H2. The molecule has 4 nitrogen and oxygen atoms in total. The highest BCUT2D eigenvalue weighted by Crippen LogP contribution is 2.34. The second kappa shape index (κ2) is 6.15. The van der Waals surface area contributed by atoms with Crippen LogP contribution >= 0.6 is 0 Å². The van der Waals surface area contributed by atoms with Crippen LogP contribution in [-0.4, -0.2) is 49.8 Å². The number of rotatable bonds is 2. The van der Waals surface area contributed by atoms with Crippen molar-refractivity contribution in [3.8, 4) is 0 Å². The molecule has 3 atom stereocenters. The SMILES string of the molecule is NC1CC(N2CC3=C(CNC3)C2)COC1c1cc(F)cc(F)c1F. The maximum atomic E-state index is 14.0. The lowest BCUT2D eigenvalue weighted by Crippen LogP contribution is -2.49. The maximum Gasteiger partial charge on any atom is 0.164 e. The van der Waals surface area contributed by atoms with E-state index in [0.717, 1.165) is 32.2 Å². The smallest absolute Gasteiger partial charge is 0.164 e. The highest BCUT2D eigenvalue weighted by atomic mass is 19.2. The monoisotopic (exact) mass is 339 g/mol. The van der Waals surface area contributed by atoms with E-state index in [1.165, 1.54) is 11.1 Å². The third-order valence-corrected chi connectivity index (χ3v) is 5.21. The van der Waals surface area contributed by atoms with Gasteiger partial charge in [0.1, 0.15) is 11.9 Å². The first-order chi connectivity index (χ1) is 11.5. The van der Waals surface area contributed by atoms with E-state index in [9.17, 15) is 13.2 Å². The first kappa shape index (κ1) is 16.1. The summed E-state index contributed by atoms with van der Waals surface area (Å²) in [6.45, 7) is 4.04. The molecule has 0 spiro atoms. The Hall–Kier alpha value is -1.41. The van der Waals surface area contributed by atoms with Gasteiger partial charge in [0.25, 0.3) is 0 Å². The van der Waals surface area contributed by atoms with Crippen LogP contribution in [0.5, 0.6) is 0 Å². The average Bonchev–Trinajstić information content (AvgIpc) is 3.12. The molecule has 24 heavy (non-hydrogen) atoms. The van der Waals surface area contributed by atoms with E-state index in [1.54, 1.807) is 0 Å². The van der Waals surface area contributed by atoms with Gasteiger partial charge >= 0.3 is 0 Å². The van der Waals surface area contributed by atoms with Crippen LogP contribution < -0.4 is 11.1 Å². The van der Waals surface area contributed by atoms with Crippen molar-refractivity contribution in [1.29, 1.82) is 0 Å². The summed E-state index contributed by atoms with van der Waals surface area (Å²) in [7, 11) is 0. The number of benzene rings is 1. The summed E-state index contributed by atoms with van der Waals surface area (Å²) in [6, 6.07) is 1.14. The van der Waals surface area contributed by atoms with Crippen LogP contribution in [0.4, 0.5) is 13.2 Å². The van der Waals surface area contributed by atoms with Gasteiger partial charge in [-0.1, -0.05) is 0 Å². The third kappa shape index (κ3) is 2.75. The Morgan fingerprint density at radius 1 is 1.12 bits per heavy atom. The molecular formula is C17H20F3N3O. The molecule has 0 bridgehead atoms. The Morgan fingerprint density at radius 3 is 2.50 bits per heavy atom. The van der Waals surface area contributed by atoms with Gasteiger partial charge in [0.05, 0.1) is 6.61 Å². The Balaban J connectivity index is 1.46. The highest BCUT2D eigenvalue weighted by molar-refractivity contribution is 5.30. The van der Waals surface area contributed by atoms with Gasteiger partial charge in [-0.2, -0.15) is 0 Å². The molecule has 0 aliphatic carbocycles. The minimum absolute atomic E-state index is 0.135. The van der Waals surface area contributed by atoms with Crippen molar-refractivity contribution in [2.75, 3.05) is 32.8 Å². The van der Waals surface area contributed by atoms with Crippen LogP contribution in [0.2, 0.25) is 0 Å². The third-order valence-electron chi connectivity index (χ3n) is 5.21. The van der Waals surface area contributed by atoms with Crippen LogP contribution in [0.1, 0.15) is 18.1 Å². The van der Waals surface area contributed by atoms with Crippen molar-refractivity contribution in [3.05, 3.63) is 46.3 Å². The normalized spacial score (nSPS) is 30.9. The van der Waals surface area contributed by atoms with E-state index in [1.807, 2.05) is 0 Å². The number of ether oxygens (including phenoxy) is 1. The summed E-state index contributed by atoms with van der Waals surface area (Å²) in [5.74, 6) is -3.12. The Bertz CT molecular complexity index is 678. The molecule has 3 aliphatic rings. The van der Waals surface area contributed by atoms with Crippen LogP contribution in [0.3, 0.4) is 0 Å². The van der Waals surface area contributed by atoms with Gasteiger partial charge in [0, 0.05) is 49.9 Å². The zero-order valence-corrected chi connectivity index (χ0v) is 13.2. The summed E-state index contributed by atoms with van der Waals surface area (Å²) in [6.07, 6.45) is -0.216. The zero-order valence-electron chi connectivity index (χ0n) is 13.2. The topological polar surface area (TPSA) is 50.5 Å². The summed E-state index contributed by atoms with van der Waals surface area (Å²) >= 11 is 0. The molecule has 0 saturated carbocycles. The van der Waals surface area contributed by atoms with Crippen molar-refractivity contribution in [1.82, 2.24) is 10.2 Å². The lowest BCUT2D eigenvalue weighted by molar-refractivity contribution is -0.0468. The van der Waals surface area contributed by atoms with Gasteiger partial charge < -0.3 is 15.8 Å². The van der Waals surface area contributed by atoms with Crippen LogP contribution in [0.25, 0.3) is 0 Å². The zero-order chi connectivity index (χ0) is 16.8. The first-order valence-electron chi connectivity index (χ1n) is 8.19. The first-order valence-corrected chi connectivity index (χ1v) is 8.19. The van der Waals surface area contributed by atoms with Gasteiger partial charge in [-0.3, -0.25) is 4.90 Å². The lowest BCUT2D eigenvalue weighted by Gasteiger charge is -2.39. The fraction of sp³-hybridized carbons (Fsp3) is 0.529. The van der Waals surface area contributed by atoms with Gasteiger partial charge in [-0.05, 0) is 23.6 Å². The number of nitrogens with one attached hydrogen (secondary N) is 1. The largest absolute Gasteiger partial charge is 0.370 e. The van der Waals surface area contributed by atoms with E-state index in [0.29, 0.717) is 19.1 Å². The van der Waals surface area contributed by atoms with Crippen molar-refractivity contribution in [2.45, 2.75) is 24.6 Å². The molecule has 4 rings (SSSR count). The molecule has 3 heterocycles. The van der Waals surface area contributed by atoms with Crippen molar-refractivity contribution >= 4 is 0 Å². The van der Waals surface area contributed by atoms with Crippen molar-refractivity contribution in [3.63, 3.8) is 0 Å². The van der Waals surface area contributed by atoms with E-state index in [-0.39, 0.29) is 11.6 Å². The molecule has 0 amide bonds. The molecule has 0 aromatic heterocycles. The summed E-state index contributed by atoms with van der Waals surface area (Å²) in [4.78, 5) is 2.32. The molecule has 0 radical (unpaired) electrons. The fourth-order valence-corrected chi connectivity index (χ4v) is 3.96. The van der Waals surface area contributed by atoms with Crippen LogP contribution in [-0.2, 0) is 4.74 Å². The van der Waals surface area contributed by atoms with Crippen molar-refractivity contribution < 1.29 is 17.9 Å². The maximum absolute atomic E-state index is 14.0. The molecule has 1 fully saturated rings. The number of hydrogen-bond donors (Lipinski definition) is 2. The number of nitrogens with zero attached hydrogens (tertiary/aromatic N) is 1. The van der Waals surface area contributed by atoms with Gasteiger partial charge in [0.15, 0.2) is 11.6 Å². The van der Waals surface area contributed by atoms with Gasteiger partial charge in [-0.25, -0.2) is 13.2 Å². The molecule has 7 heteroatoms.